The topological polar surface area (TPSA) is 97.9 Å². The van der Waals surface area contributed by atoms with Crippen molar-refractivity contribution in [1.29, 1.82) is 0 Å². The Morgan fingerprint density at radius 2 is 1.54 bits per heavy atom. The highest BCUT2D eigenvalue weighted by molar-refractivity contribution is 5.96. The molecule has 3 heterocycles. The van der Waals surface area contributed by atoms with E-state index in [1.807, 2.05) is 54.5 Å². The van der Waals surface area contributed by atoms with Gasteiger partial charge in [-0.3, -0.25) is 4.90 Å². The molecule has 10 nitrogen and oxygen atoms in total. The van der Waals surface area contributed by atoms with Crippen molar-refractivity contribution >= 4 is 29.5 Å². The minimum atomic E-state index is -0.631. The van der Waals surface area contributed by atoms with Gasteiger partial charge in [0.1, 0.15) is 11.2 Å². The number of esters is 1. The van der Waals surface area contributed by atoms with Crippen molar-refractivity contribution in [2.45, 2.75) is 104 Å². The fraction of sp³-hybridized carbons (Fsp3) is 0.605. The van der Waals surface area contributed by atoms with Crippen LogP contribution in [-0.4, -0.2) is 86.8 Å². The summed E-state index contributed by atoms with van der Waals surface area (Å²) in [6.45, 7) is 19.1. The molecule has 2 saturated heterocycles. The molecule has 0 unspecified atom stereocenters. The summed E-state index contributed by atoms with van der Waals surface area (Å²) >= 11 is 0. The average molecular weight is 664 g/mol. The van der Waals surface area contributed by atoms with E-state index in [-0.39, 0.29) is 23.6 Å². The third kappa shape index (κ3) is 7.43. The summed E-state index contributed by atoms with van der Waals surface area (Å²) in [7, 11) is 1.40. The molecular weight excluding hydrogens is 610 g/mol. The van der Waals surface area contributed by atoms with Crippen molar-refractivity contribution in [2.75, 3.05) is 56.3 Å². The first-order chi connectivity index (χ1) is 22.6. The number of hydrogen-bond acceptors (Lipinski definition) is 8. The molecule has 0 aromatic heterocycles. The number of anilines is 2. The number of nitrogens with zero attached hydrogens (tertiary/aromatic N) is 3. The van der Waals surface area contributed by atoms with Crippen molar-refractivity contribution in [1.82, 2.24) is 4.90 Å². The van der Waals surface area contributed by atoms with Crippen molar-refractivity contribution in [2.24, 2.45) is 0 Å². The lowest BCUT2D eigenvalue weighted by atomic mass is 9.75. The first-order valence-corrected chi connectivity index (χ1v) is 17.3. The molecule has 0 N–H and O–H groups in total. The van der Waals surface area contributed by atoms with E-state index in [0.717, 1.165) is 65.9 Å². The lowest BCUT2D eigenvalue weighted by Crippen LogP contribution is -2.48. The highest BCUT2D eigenvalue weighted by Crippen LogP contribution is 2.49. The minimum Gasteiger partial charge on any atom is -0.465 e. The maximum Gasteiger partial charge on any atom is 0.414 e. The van der Waals surface area contributed by atoms with Gasteiger partial charge in [-0.15, -0.1) is 0 Å². The molecule has 0 saturated carbocycles. The fourth-order valence-electron chi connectivity index (χ4n) is 7.32. The fourth-order valence-corrected chi connectivity index (χ4v) is 7.32. The standard InChI is InChI=1S/C38H53N3O7/c1-10-40(28-13-17-39(18-14-28)34(43)47-36(3,4)5)31-23-27(21-29(25(31)2)33(42)45-9)26-11-12-30-32(22-26)41(35(44)48-37(6,7)8)24-38(30)15-19-46-20-16-38/h11-12,21-23,28H,10,13-20,24H2,1-9H3. The van der Waals surface area contributed by atoms with Crippen LogP contribution in [0.3, 0.4) is 0 Å². The van der Waals surface area contributed by atoms with E-state index in [1.165, 1.54) is 7.11 Å². The lowest BCUT2D eigenvalue weighted by Gasteiger charge is -2.40. The van der Waals surface area contributed by atoms with Crippen LogP contribution in [0, 0.1) is 6.92 Å². The van der Waals surface area contributed by atoms with Gasteiger partial charge in [0.15, 0.2) is 0 Å². The predicted octanol–water partition coefficient (Wildman–Crippen LogP) is 7.48. The van der Waals surface area contributed by atoms with E-state index in [4.69, 9.17) is 18.9 Å². The van der Waals surface area contributed by atoms with Crippen LogP contribution in [0.4, 0.5) is 21.0 Å². The van der Waals surface area contributed by atoms with Crippen molar-refractivity contribution < 1.29 is 33.3 Å². The third-order valence-corrected chi connectivity index (χ3v) is 9.71. The van der Waals surface area contributed by atoms with E-state index >= 15 is 0 Å². The Labute approximate surface area is 285 Å². The number of likely N-dealkylation sites (tertiary alicyclic amines) is 1. The maximum atomic E-state index is 13.6. The molecule has 10 heteroatoms. The zero-order valence-corrected chi connectivity index (χ0v) is 30.2. The van der Waals surface area contributed by atoms with Crippen LogP contribution in [0.5, 0.6) is 0 Å². The van der Waals surface area contributed by atoms with Gasteiger partial charge in [-0.1, -0.05) is 12.1 Å². The summed E-state index contributed by atoms with van der Waals surface area (Å²) < 4.78 is 22.5. The maximum absolute atomic E-state index is 13.6. The molecule has 0 aliphatic carbocycles. The quantitative estimate of drug-likeness (QED) is 0.240. The Morgan fingerprint density at radius 3 is 2.12 bits per heavy atom. The van der Waals surface area contributed by atoms with Gasteiger partial charge in [0.2, 0.25) is 0 Å². The average Bonchev–Trinajstić information content (AvgIpc) is 3.33. The van der Waals surface area contributed by atoms with E-state index < -0.39 is 17.2 Å². The zero-order valence-electron chi connectivity index (χ0n) is 30.2. The summed E-state index contributed by atoms with van der Waals surface area (Å²) in [6.07, 6.45) is 2.57. The van der Waals surface area contributed by atoms with Gasteiger partial charge < -0.3 is 28.7 Å². The smallest absolute Gasteiger partial charge is 0.414 e. The van der Waals surface area contributed by atoms with Gasteiger partial charge in [-0.05, 0) is 122 Å². The SMILES string of the molecule is CCN(c1cc(-c2ccc3c(c2)N(C(=O)OC(C)(C)C)CC32CCOCC2)cc(C(=O)OC)c1C)C1CCN(C(=O)OC(C)(C)C)CC1. The van der Waals surface area contributed by atoms with Gasteiger partial charge in [-0.2, -0.15) is 0 Å². The van der Waals surface area contributed by atoms with Crippen molar-refractivity contribution in [3.63, 3.8) is 0 Å². The van der Waals surface area contributed by atoms with Gasteiger partial charge >= 0.3 is 18.2 Å². The molecule has 3 aliphatic heterocycles. The summed E-state index contributed by atoms with van der Waals surface area (Å²) in [5, 5.41) is 0. The van der Waals surface area contributed by atoms with Crippen LogP contribution in [0.25, 0.3) is 11.1 Å². The Morgan fingerprint density at radius 1 is 0.917 bits per heavy atom. The summed E-state index contributed by atoms with van der Waals surface area (Å²) in [6, 6.07) is 10.5. The van der Waals surface area contributed by atoms with E-state index in [1.54, 1.807) is 9.80 Å². The second kappa shape index (κ2) is 13.6. The number of carbonyl (C=O) groups excluding carboxylic acids is 3. The number of benzene rings is 2. The van der Waals surface area contributed by atoms with Crippen molar-refractivity contribution in [3.05, 3.63) is 47.0 Å². The number of rotatable bonds is 5. The third-order valence-electron chi connectivity index (χ3n) is 9.71. The summed E-state index contributed by atoms with van der Waals surface area (Å²) in [5.41, 5.74) is 4.67. The summed E-state index contributed by atoms with van der Waals surface area (Å²) in [5.74, 6) is -0.399. The Bertz CT molecular complexity index is 1530. The molecule has 2 amide bonds. The van der Waals surface area contributed by atoms with Crippen LogP contribution in [0.15, 0.2) is 30.3 Å². The first kappa shape index (κ1) is 35.5. The minimum absolute atomic E-state index is 0.171. The van der Waals surface area contributed by atoms with Gasteiger partial charge in [-0.25, -0.2) is 14.4 Å². The molecule has 1 spiro atoms. The highest BCUT2D eigenvalue weighted by Gasteiger charge is 2.46. The second-order valence-electron chi connectivity index (χ2n) is 15.3. The molecule has 262 valence electrons. The van der Waals surface area contributed by atoms with Crippen LogP contribution >= 0.6 is 0 Å². The predicted molar refractivity (Wildman–Crippen MR) is 187 cm³/mol. The largest absolute Gasteiger partial charge is 0.465 e. The number of carbonyl (C=O) groups is 3. The summed E-state index contributed by atoms with van der Waals surface area (Å²) in [4.78, 5) is 45.4. The molecule has 2 fully saturated rings. The zero-order chi connectivity index (χ0) is 35.0. The molecular formula is C38H53N3O7. The molecule has 0 atom stereocenters. The van der Waals surface area contributed by atoms with Crippen LogP contribution in [-0.2, 0) is 24.4 Å². The number of amides is 2. The highest BCUT2D eigenvalue weighted by atomic mass is 16.6. The molecule has 48 heavy (non-hydrogen) atoms. The van der Waals surface area contributed by atoms with Crippen LogP contribution < -0.4 is 9.80 Å². The number of fused-ring (bicyclic) bond motifs is 2. The van der Waals surface area contributed by atoms with Crippen LogP contribution in [0.2, 0.25) is 0 Å². The Balaban J connectivity index is 1.52. The molecule has 3 aliphatic rings. The molecule has 0 bridgehead atoms. The number of hydrogen-bond donors (Lipinski definition) is 0. The van der Waals surface area contributed by atoms with Crippen LogP contribution in [0.1, 0.15) is 95.6 Å². The number of ether oxygens (including phenoxy) is 4. The van der Waals surface area contributed by atoms with Crippen molar-refractivity contribution in [3.8, 4) is 11.1 Å². The number of piperidine rings is 1. The Hall–Kier alpha value is -3.79. The van der Waals surface area contributed by atoms with Gasteiger partial charge in [0.05, 0.1) is 18.4 Å². The molecule has 0 radical (unpaired) electrons. The second-order valence-corrected chi connectivity index (χ2v) is 15.3. The van der Waals surface area contributed by atoms with Gasteiger partial charge in [0.25, 0.3) is 0 Å². The van der Waals surface area contributed by atoms with E-state index in [2.05, 4.69) is 36.1 Å². The Kier molecular flexibility index (Phi) is 10.1. The normalized spacial score (nSPS) is 18.0. The first-order valence-electron chi connectivity index (χ1n) is 17.3. The number of methoxy groups -OCH3 is 1. The van der Waals surface area contributed by atoms with Gasteiger partial charge in [0, 0.05) is 56.5 Å². The monoisotopic (exact) mass is 663 g/mol. The van der Waals surface area contributed by atoms with E-state index in [9.17, 15) is 14.4 Å². The molecule has 5 rings (SSSR count). The molecule has 2 aromatic carbocycles. The van der Waals surface area contributed by atoms with E-state index in [0.29, 0.717) is 38.4 Å². The lowest BCUT2D eigenvalue weighted by molar-refractivity contribution is 0.0204. The molecule has 2 aromatic rings.